The molecule has 1 aromatic rings. The number of aliphatic hydroxyl groups excluding tert-OH is 1. The molecular formula is C27H37N5O3. The first kappa shape index (κ1) is 26.5. The molecule has 8 nitrogen and oxygen atoms in total. The van der Waals surface area contributed by atoms with Gasteiger partial charge in [-0.3, -0.25) is 14.7 Å². The van der Waals surface area contributed by atoms with Crippen molar-refractivity contribution in [2.75, 3.05) is 38.1 Å². The normalized spacial score (nSPS) is 20.9. The van der Waals surface area contributed by atoms with Gasteiger partial charge in [0.1, 0.15) is 11.9 Å². The number of aliphatic hydroxyl groups is 1. The Morgan fingerprint density at radius 3 is 2.51 bits per heavy atom. The summed E-state index contributed by atoms with van der Waals surface area (Å²) in [7, 11) is 1.69. The lowest BCUT2D eigenvalue weighted by atomic mass is 9.96. The summed E-state index contributed by atoms with van der Waals surface area (Å²) in [6, 6.07) is 10.3. The van der Waals surface area contributed by atoms with Gasteiger partial charge in [-0.25, -0.2) is 9.98 Å². The lowest BCUT2D eigenvalue weighted by Crippen LogP contribution is -2.50. The first-order valence-corrected chi connectivity index (χ1v) is 12.3. The molecule has 0 aromatic heterocycles. The van der Waals surface area contributed by atoms with Crippen LogP contribution >= 0.6 is 0 Å². The summed E-state index contributed by atoms with van der Waals surface area (Å²) in [5, 5.41) is 19.8. The van der Waals surface area contributed by atoms with Crippen LogP contribution in [0.25, 0.3) is 0 Å². The highest BCUT2D eigenvalue weighted by Crippen LogP contribution is 2.21. The van der Waals surface area contributed by atoms with Gasteiger partial charge in [0.15, 0.2) is 5.84 Å². The van der Waals surface area contributed by atoms with Gasteiger partial charge in [0.2, 0.25) is 0 Å². The van der Waals surface area contributed by atoms with Crippen molar-refractivity contribution in [1.29, 1.82) is 0 Å². The van der Waals surface area contributed by atoms with Gasteiger partial charge in [-0.15, -0.1) is 6.58 Å². The molecule has 2 unspecified atom stereocenters. The second kappa shape index (κ2) is 13.1. The molecule has 0 saturated carbocycles. The van der Waals surface area contributed by atoms with E-state index in [0.717, 1.165) is 37.6 Å². The number of anilines is 1. The Morgan fingerprint density at radius 1 is 1.17 bits per heavy atom. The Labute approximate surface area is 208 Å². The maximum absolute atomic E-state index is 10.9. The molecule has 2 heterocycles. The van der Waals surface area contributed by atoms with E-state index in [1.807, 2.05) is 37.3 Å². The molecule has 0 aliphatic carbocycles. The largest absolute Gasteiger partial charge is 0.481 e. The summed E-state index contributed by atoms with van der Waals surface area (Å²) in [6.45, 7) is 9.20. The Bertz CT molecular complexity index is 991. The maximum Gasteiger partial charge on any atom is 0.303 e. The highest BCUT2D eigenvalue weighted by molar-refractivity contribution is 6.47. The van der Waals surface area contributed by atoms with Gasteiger partial charge >= 0.3 is 5.97 Å². The number of para-hydroxylation sites is 1. The fourth-order valence-electron chi connectivity index (χ4n) is 4.30. The molecule has 3 rings (SSSR count). The van der Waals surface area contributed by atoms with Crippen molar-refractivity contribution in [3.8, 4) is 0 Å². The number of amidine groups is 1. The maximum atomic E-state index is 10.9. The molecule has 35 heavy (non-hydrogen) atoms. The van der Waals surface area contributed by atoms with E-state index in [4.69, 9.17) is 15.1 Å². The number of benzene rings is 1. The van der Waals surface area contributed by atoms with Crippen LogP contribution in [0.1, 0.15) is 39.0 Å². The lowest BCUT2D eigenvalue weighted by molar-refractivity contribution is -0.137. The van der Waals surface area contributed by atoms with Crippen LogP contribution in [0.3, 0.4) is 0 Å². The molecule has 0 spiro atoms. The lowest BCUT2D eigenvalue weighted by Gasteiger charge is -2.38. The van der Waals surface area contributed by atoms with E-state index in [9.17, 15) is 9.90 Å². The van der Waals surface area contributed by atoms with Crippen LogP contribution in [-0.2, 0) is 4.79 Å². The van der Waals surface area contributed by atoms with Crippen molar-refractivity contribution in [3.63, 3.8) is 0 Å². The summed E-state index contributed by atoms with van der Waals surface area (Å²) >= 11 is 0. The fourth-order valence-corrected chi connectivity index (χ4v) is 4.30. The molecule has 1 saturated heterocycles. The number of hydrogen-bond acceptors (Lipinski definition) is 6. The number of aliphatic imine (C=N–C) groups is 3. The molecule has 1 aromatic carbocycles. The summed E-state index contributed by atoms with van der Waals surface area (Å²) in [6.07, 6.45) is 5.65. The van der Waals surface area contributed by atoms with Crippen molar-refractivity contribution in [2.24, 2.45) is 20.9 Å². The molecular weight excluding hydrogens is 442 g/mol. The number of unbranched alkanes of at least 4 members (excludes halogenated alkanes) is 1. The predicted molar refractivity (Wildman–Crippen MR) is 143 cm³/mol. The summed E-state index contributed by atoms with van der Waals surface area (Å²) in [4.78, 5) is 29.2. The molecule has 2 aliphatic heterocycles. The first-order valence-electron chi connectivity index (χ1n) is 12.3. The van der Waals surface area contributed by atoms with Gasteiger partial charge in [-0.2, -0.15) is 0 Å². The molecule has 1 fully saturated rings. The molecule has 0 radical (unpaired) electrons. The second-order valence-electron chi connectivity index (χ2n) is 8.89. The van der Waals surface area contributed by atoms with E-state index in [-0.39, 0.29) is 12.3 Å². The number of hydrogen-bond donors (Lipinski definition) is 2. The summed E-state index contributed by atoms with van der Waals surface area (Å²) < 4.78 is 0. The van der Waals surface area contributed by atoms with Crippen LogP contribution in [0.2, 0.25) is 0 Å². The van der Waals surface area contributed by atoms with E-state index < -0.39 is 12.2 Å². The number of carbonyl (C=O) groups is 1. The number of piperazine rings is 1. The minimum Gasteiger partial charge on any atom is -0.481 e. The van der Waals surface area contributed by atoms with Crippen LogP contribution < -0.4 is 4.90 Å². The van der Waals surface area contributed by atoms with Crippen molar-refractivity contribution >= 4 is 28.9 Å². The monoisotopic (exact) mass is 479 g/mol. The van der Waals surface area contributed by atoms with E-state index >= 15 is 0 Å². The number of allylic oxidation sites excluding steroid dienone is 1. The quantitative estimate of drug-likeness (QED) is 0.371. The number of aliphatic carboxylic acids is 1. The Kier molecular flexibility index (Phi) is 9.93. The SMILES string of the molecule is C=CC(C)C1=NC(=NC)/C(=C\CC(O)N2CCN(c3ccccc3)CC2)N=C1CCCCC(=O)O. The molecule has 188 valence electrons. The fraction of sp³-hybridized carbons (Fsp3) is 0.481. The number of carboxylic acids is 1. The van der Waals surface area contributed by atoms with Gasteiger partial charge in [0.25, 0.3) is 0 Å². The highest BCUT2D eigenvalue weighted by Gasteiger charge is 2.25. The Balaban J connectivity index is 1.65. The van der Waals surface area contributed by atoms with Crippen molar-refractivity contribution < 1.29 is 15.0 Å². The minimum absolute atomic E-state index is 0.0121. The van der Waals surface area contributed by atoms with Gasteiger partial charge in [-0.05, 0) is 31.4 Å². The van der Waals surface area contributed by atoms with Crippen LogP contribution in [-0.4, -0.2) is 77.8 Å². The number of carboxylic acid groups (broad SMARTS) is 1. The third-order valence-corrected chi connectivity index (χ3v) is 6.44. The molecule has 2 atom stereocenters. The van der Waals surface area contributed by atoms with Crippen LogP contribution in [0, 0.1) is 5.92 Å². The Hall–Kier alpha value is -3.10. The molecule has 2 N–H and O–H groups in total. The second-order valence-corrected chi connectivity index (χ2v) is 8.89. The first-order chi connectivity index (χ1) is 16.9. The highest BCUT2D eigenvalue weighted by atomic mass is 16.4. The van der Waals surface area contributed by atoms with Crippen LogP contribution in [0.15, 0.2) is 69.7 Å². The molecule has 8 heteroatoms. The van der Waals surface area contributed by atoms with E-state index in [2.05, 4.69) is 33.5 Å². The topological polar surface area (TPSA) is 101 Å². The van der Waals surface area contributed by atoms with Crippen molar-refractivity contribution in [2.45, 2.75) is 45.3 Å². The smallest absolute Gasteiger partial charge is 0.303 e. The van der Waals surface area contributed by atoms with Gasteiger partial charge in [0, 0.05) is 57.7 Å². The van der Waals surface area contributed by atoms with E-state index in [0.29, 0.717) is 37.2 Å². The Morgan fingerprint density at radius 2 is 1.89 bits per heavy atom. The van der Waals surface area contributed by atoms with E-state index in [1.165, 1.54) is 5.69 Å². The number of rotatable bonds is 11. The zero-order valence-corrected chi connectivity index (χ0v) is 20.8. The predicted octanol–water partition coefficient (Wildman–Crippen LogP) is 3.79. The van der Waals surface area contributed by atoms with Crippen LogP contribution in [0.4, 0.5) is 5.69 Å². The molecule has 0 bridgehead atoms. The van der Waals surface area contributed by atoms with Gasteiger partial charge in [0.05, 0.1) is 11.4 Å². The zero-order valence-electron chi connectivity index (χ0n) is 20.8. The van der Waals surface area contributed by atoms with Crippen LogP contribution in [0.5, 0.6) is 0 Å². The third kappa shape index (κ3) is 7.44. The average Bonchev–Trinajstić information content (AvgIpc) is 2.89. The summed E-state index contributed by atoms with van der Waals surface area (Å²) in [5.41, 5.74) is 3.53. The number of nitrogens with zero attached hydrogens (tertiary/aromatic N) is 5. The van der Waals surface area contributed by atoms with Gasteiger partial charge in [-0.1, -0.05) is 37.3 Å². The standard InChI is InChI=1S/C27H37N5O3/c1-4-20(2)26-22(12-8-9-13-25(34)35)29-23(27(28-3)30-26)14-15-24(33)32-18-16-31(17-19-32)21-10-6-5-7-11-21/h4-7,10-11,14,20,24,33H,1,8-9,12-13,15-19H2,2-3H3,(H,34,35)/b23-14+,28-27?. The molecule has 0 amide bonds. The zero-order chi connectivity index (χ0) is 25.2. The van der Waals surface area contributed by atoms with E-state index in [1.54, 1.807) is 7.05 Å². The molecule has 2 aliphatic rings. The third-order valence-electron chi connectivity index (χ3n) is 6.44. The minimum atomic E-state index is -0.788. The average molecular weight is 480 g/mol. The summed E-state index contributed by atoms with van der Waals surface area (Å²) in [5.74, 6) is -0.231. The van der Waals surface area contributed by atoms with Gasteiger partial charge < -0.3 is 15.1 Å². The van der Waals surface area contributed by atoms with Crippen molar-refractivity contribution in [1.82, 2.24) is 4.90 Å². The van der Waals surface area contributed by atoms with Crippen molar-refractivity contribution in [3.05, 3.63) is 54.8 Å².